The summed E-state index contributed by atoms with van der Waals surface area (Å²) in [6.07, 6.45) is 0. The third-order valence-corrected chi connectivity index (χ3v) is 5.55. The highest BCUT2D eigenvalue weighted by atomic mass is 79.9. The first-order valence-corrected chi connectivity index (χ1v) is 9.34. The van der Waals surface area contributed by atoms with Crippen LogP contribution >= 0.6 is 28.1 Å². The van der Waals surface area contributed by atoms with Gasteiger partial charge in [0.1, 0.15) is 0 Å². The van der Waals surface area contributed by atoms with E-state index in [2.05, 4.69) is 20.8 Å². The van der Waals surface area contributed by atoms with Crippen LogP contribution in [0.2, 0.25) is 0 Å². The molecule has 0 amide bonds. The first-order valence-electron chi connectivity index (χ1n) is 6.65. The Labute approximate surface area is 149 Å². The fourth-order valence-electron chi connectivity index (χ4n) is 1.88. The Kier molecular flexibility index (Phi) is 5.41. The number of halogens is 1. The molecule has 5 nitrogen and oxygen atoms in total. The molecule has 2 aromatic carbocycles. The average Bonchev–Trinajstić information content (AvgIpc) is 2.48. The van der Waals surface area contributed by atoms with E-state index in [0.717, 1.165) is 15.6 Å². The third kappa shape index (κ3) is 4.29. The van der Waals surface area contributed by atoms with Crippen molar-refractivity contribution in [1.29, 1.82) is 0 Å². The van der Waals surface area contributed by atoms with E-state index < -0.39 is 10.0 Å². The first-order chi connectivity index (χ1) is 10.7. The quantitative estimate of drug-likeness (QED) is 0.594. The van der Waals surface area contributed by atoms with Crippen LogP contribution in [0.15, 0.2) is 51.8 Å². The van der Waals surface area contributed by atoms with Crippen molar-refractivity contribution in [3.05, 3.63) is 58.1 Å². The number of benzene rings is 2. The van der Waals surface area contributed by atoms with Crippen molar-refractivity contribution in [2.45, 2.75) is 18.7 Å². The lowest BCUT2D eigenvalue weighted by atomic mass is 10.2. The van der Waals surface area contributed by atoms with Gasteiger partial charge < -0.3 is 5.73 Å². The van der Waals surface area contributed by atoms with E-state index in [0.29, 0.717) is 5.69 Å². The zero-order chi connectivity index (χ0) is 17.2. The van der Waals surface area contributed by atoms with Crippen LogP contribution in [-0.4, -0.2) is 13.5 Å². The molecular formula is C15H16BrN3O2S2. The maximum atomic E-state index is 12.5. The van der Waals surface area contributed by atoms with Crippen LogP contribution in [0, 0.1) is 13.8 Å². The van der Waals surface area contributed by atoms with Crippen LogP contribution in [-0.2, 0) is 10.0 Å². The molecule has 2 rings (SSSR count). The highest BCUT2D eigenvalue weighted by Crippen LogP contribution is 2.23. The number of hydrogen-bond donors (Lipinski definition) is 2. The first kappa shape index (κ1) is 17.9. The predicted octanol–water partition coefficient (Wildman–Crippen LogP) is 3.01. The molecule has 0 heterocycles. The SMILES string of the molecule is Cc1ccc(S(=O)(=O)NN(C(N)=S)c2ccc(Br)c(C)c2)cc1. The normalized spacial score (nSPS) is 11.3. The molecule has 23 heavy (non-hydrogen) atoms. The number of nitrogens with zero attached hydrogens (tertiary/aromatic N) is 1. The highest BCUT2D eigenvalue weighted by Gasteiger charge is 2.20. The van der Waals surface area contributed by atoms with Gasteiger partial charge in [-0.1, -0.05) is 33.6 Å². The predicted molar refractivity (Wildman–Crippen MR) is 99.6 cm³/mol. The number of sulfonamides is 1. The highest BCUT2D eigenvalue weighted by molar-refractivity contribution is 9.10. The van der Waals surface area contributed by atoms with E-state index in [1.54, 1.807) is 30.3 Å². The van der Waals surface area contributed by atoms with Crippen LogP contribution in [0.3, 0.4) is 0 Å². The third-order valence-electron chi connectivity index (χ3n) is 3.16. The van der Waals surface area contributed by atoms with Gasteiger partial charge in [-0.3, -0.25) is 0 Å². The molecule has 0 aliphatic heterocycles. The van der Waals surface area contributed by atoms with Gasteiger partial charge in [-0.15, -0.1) is 4.83 Å². The van der Waals surface area contributed by atoms with Crippen molar-refractivity contribution in [1.82, 2.24) is 4.83 Å². The summed E-state index contributed by atoms with van der Waals surface area (Å²) >= 11 is 8.38. The van der Waals surface area contributed by atoms with Gasteiger partial charge >= 0.3 is 0 Å². The van der Waals surface area contributed by atoms with E-state index in [-0.39, 0.29) is 10.0 Å². The molecule has 122 valence electrons. The van der Waals surface area contributed by atoms with Crippen LogP contribution in [0.25, 0.3) is 0 Å². The number of nitrogens with two attached hydrogens (primary N) is 1. The minimum atomic E-state index is -3.80. The maximum Gasteiger partial charge on any atom is 0.257 e. The summed E-state index contributed by atoms with van der Waals surface area (Å²) in [6, 6.07) is 11.8. The summed E-state index contributed by atoms with van der Waals surface area (Å²) in [5.74, 6) is 0. The number of aryl methyl sites for hydroxylation is 2. The minimum Gasteiger partial charge on any atom is -0.375 e. The molecule has 3 N–H and O–H groups in total. The summed E-state index contributed by atoms with van der Waals surface area (Å²) in [6.45, 7) is 3.77. The van der Waals surface area contributed by atoms with Gasteiger partial charge in [0.15, 0.2) is 5.11 Å². The van der Waals surface area contributed by atoms with Gasteiger partial charge in [0, 0.05) is 4.47 Å². The molecule has 0 spiro atoms. The van der Waals surface area contributed by atoms with Gasteiger partial charge in [-0.25, -0.2) is 13.4 Å². The average molecular weight is 414 g/mol. The van der Waals surface area contributed by atoms with Gasteiger partial charge in [-0.2, -0.15) is 0 Å². The molecule has 0 aliphatic carbocycles. The Morgan fingerprint density at radius 3 is 2.30 bits per heavy atom. The lowest BCUT2D eigenvalue weighted by molar-refractivity contribution is 0.583. The fourth-order valence-corrected chi connectivity index (χ4v) is 3.38. The van der Waals surface area contributed by atoms with E-state index in [1.165, 1.54) is 17.1 Å². The Balaban J connectivity index is 2.37. The van der Waals surface area contributed by atoms with Gasteiger partial charge in [0.25, 0.3) is 10.0 Å². The van der Waals surface area contributed by atoms with Crippen LogP contribution in [0.4, 0.5) is 5.69 Å². The second-order valence-electron chi connectivity index (χ2n) is 5.01. The number of nitrogens with one attached hydrogen (secondary N) is 1. The minimum absolute atomic E-state index is 0.0950. The van der Waals surface area contributed by atoms with Crippen molar-refractivity contribution >= 4 is 49.0 Å². The maximum absolute atomic E-state index is 12.5. The van der Waals surface area contributed by atoms with Crippen molar-refractivity contribution < 1.29 is 8.42 Å². The molecule has 0 aliphatic rings. The Morgan fingerprint density at radius 1 is 1.17 bits per heavy atom. The Hall–Kier alpha value is -1.48. The van der Waals surface area contributed by atoms with Crippen LogP contribution < -0.4 is 15.6 Å². The summed E-state index contributed by atoms with van der Waals surface area (Å²) < 4.78 is 25.9. The number of rotatable bonds is 4. The summed E-state index contributed by atoms with van der Waals surface area (Å²) in [5.41, 5.74) is 8.12. The Morgan fingerprint density at radius 2 is 1.78 bits per heavy atom. The molecule has 8 heteroatoms. The fraction of sp³-hybridized carbons (Fsp3) is 0.133. The lowest BCUT2D eigenvalue weighted by Gasteiger charge is -2.24. The van der Waals surface area contributed by atoms with Crippen LogP contribution in [0.5, 0.6) is 0 Å². The molecule has 0 atom stereocenters. The molecule has 0 saturated carbocycles. The molecule has 0 unspecified atom stereocenters. The molecule has 0 fully saturated rings. The standard InChI is InChI=1S/C15H16BrN3O2S2/c1-10-3-6-13(7-4-10)23(20,21)18-19(15(17)22)12-5-8-14(16)11(2)9-12/h3-9,18H,1-2H3,(H2,17,22). The molecule has 0 saturated heterocycles. The van der Waals surface area contributed by atoms with E-state index in [9.17, 15) is 8.42 Å². The molecule has 2 aromatic rings. The number of hydrazine groups is 1. The van der Waals surface area contributed by atoms with Crippen molar-refractivity contribution in [2.75, 3.05) is 5.01 Å². The number of anilines is 1. The second kappa shape index (κ2) is 6.96. The second-order valence-corrected chi connectivity index (χ2v) is 7.95. The molecule has 0 bridgehead atoms. The van der Waals surface area contributed by atoms with Crippen molar-refractivity contribution in [3.63, 3.8) is 0 Å². The zero-order valence-electron chi connectivity index (χ0n) is 12.6. The van der Waals surface area contributed by atoms with Crippen molar-refractivity contribution in [3.8, 4) is 0 Å². The largest absolute Gasteiger partial charge is 0.375 e. The topological polar surface area (TPSA) is 75.4 Å². The summed E-state index contributed by atoms with van der Waals surface area (Å²) in [7, 11) is -3.80. The van der Waals surface area contributed by atoms with Crippen LogP contribution in [0.1, 0.15) is 11.1 Å². The Bertz CT molecular complexity index is 836. The molecule has 0 aromatic heterocycles. The summed E-state index contributed by atoms with van der Waals surface area (Å²) in [4.78, 5) is 2.55. The van der Waals surface area contributed by atoms with Gasteiger partial charge in [0.2, 0.25) is 0 Å². The van der Waals surface area contributed by atoms with E-state index in [1.807, 2.05) is 13.8 Å². The lowest BCUT2D eigenvalue weighted by Crippen LogP contribution is -2.49. The van der Waals surface area contributed by atoms with Gasteiger partial charge in [-0.05, 0) is 62.0 Å². The number of thiocarbonyl (C=S) groups is 1. The summed E-state index contributed by atoms with van der Waals surface area (Å²) in [5, 5.41) is 1.08. The molecule has 0 radical (unpaired) electrons. The van der Waals surface area contributed by atoms with Crippen molar-refractivity contribution in [2.24, 2.45) is 5.73 Å². The monoisotopic (exact) mass is 413 g/mol. The smallest absolute Gasteiger partial charge is 0.257 e. The van der Waals surface area contributed by atoms with E-state index in [4.69, 9.17) is 18.0 Å². The van der Waals surface area contributed by atoms with E-state index >= 15 is 0 Å². The zero-order valence-corrected chi connectivity index (χ0v) is 15.8. The van der Waals surface area contributed by atoms with Gasteiger partial charge in [0.05, 0.1) is 10.6 Å². The molecular weight excluding hydrogens is 398 g/mol. The number of hydrogen-bond acceptors (Lipinski definition) is 3.